The van der Waals surface area contributed by atoms with Crippen LogP contribution in [0.15, 0.2) is 53.6 Å². The van der Waals surface area contributed by atoms with Crippen LogP contribution in [0.4, 0.5) is 10.3 Å². The lowest BCUT2D eigenvalue weighted by molar-refractivity contribution is 0.355. The molecule has 0 atom stereocenters. The summed E-state index contributed by atoms with van der Waals surface area (Å²) in [5, 5.41) is 3.77. The summed E-state index contributed by atoms with van der Waals surface area (Å²) in [7, 11) is 8.63. The van der Waals surface area contributed by atoms with Gasteiger partial charge in [0, 0.05) is 44.0 Å². The third-order valence-electron chi connectivity index (χ3n) is 5.68. The summed E-state index contributed by atoms with van der Waals surface area (Å²) in [5.41, 5.74) is 1.01. The topological polar surface area (TPSA) is 90.7 Å². The van der Waals surface area contributed by atoms with Crippen molar-refractivity contribution in [3.05, 3.63) is 65.0 Å². The summed E-state index contributed by atoms with van der Waals surface area (Å²) in [6, 6.07) is 9.47. The van der Waals surface area contributed by atoms with E-state index in [9.17, 15) is 4.79 Å². The van der Waals surface area contributed by atoms with E-state index in [2.05, 4.69) is 15.3 Å². The Bertz CT molecular complexity index is 1450. The zero-order valence-electron chi connectivity index (χ0n) is 20.8. The Hall–Kier alpha value is -4.18. The molecule has 0 aliphatic rings. The van der Waals surface area contributed by atoms with Crippen LogP contribution < -0.4 is 25.1 Å². The van der Waals surface area contributed by atoms with Gasteiger partial charge in [0.1, 0.15) is 5.75 Å². The van der Waals surface area contributed by atoms with Gasteiger partial charge >= 0.3 is 0 Å². The van der Waals surface area contributed by atoms with Crippen molar-refractivity contribution in [2.24, 2.45) is 7.05 Å². The van der Waals surface area contributed by atoms with Gasteiger partial charge in [-0.3, -0.25) is 14.3 Å². The Morgan fingerprint density at radius 3 is 2.44 bits per heavy atom. The molecule has 0 bridgehead atoms. The molecule has 0 saturated carbocycles. The maximum absolute atomic E-state index is 15.1. The first-order valence-corrected chi connectivity index (χ1v) is 11.3. The molecule has 10 heteroatoms. The van der Waals surface area contributed by atoms with E-state index >= 15 is 4.39 Å². The maximum Gasteiger partial charge on any atom is 0.262 e. The first-order valence-electron chi connectivity index (χ1n) is 11.3. The second kappa shape index (κ2) is 10.6. The number of methoxy groups -OCH3 is 2. The molecule has 0 fully saturated rings. The third-order valence-corrected chi connectivity index (χ3v) is 5.68. The number of nitrogens with zero attached hydrogens (tertiary/aromatic N) is 4. The zero-order chi connectivity index (χ0) is 25.8. The molecule has 0 spiro atoms. The summed E-state index contributed by atoms with van der Waals surface area (Å²) >= 11 is 0. The molecule has 0 aliphatic carbocycles. The normalized spacial score (nSPS) is 11.1. The molecule has 0 unspecified atom stereocenters. The Labute approximate surface area is 208 Å². The Kier molecular flexibility index (Phi) is 7.35. The van der Waals surface area contributed by atoms with Crippen LogP contribution in [0.5, 0.6) is 23.0 Å². The van der Waals surface area contributed by atoms with E-state index in [1.54, 1.807) is 44.6 Å². The molecular formula is C26H28FN5O4. The lowest BCUT2D eigenvalue weighted by atomic mass is 10.1. The number of fused-ring (bicyclic) bond motifs is 1. The number of ether oxygens (including phenoxy) is 3. The van der Waals surface area contributed by atoms with Crippen molar-refractivity contribution in [2.75, 3.05) is 46.7 Å². The minimum absolute atomic E-state index is 0.00721. The second-order valence-electron chi connectivity index (χ2n) is 8.37. The van der Waals surface area contributed by atoms with Crippen molar-refractivity contribution in [1.82, 2.24) is 19.4 Å². The van der Waals surface area contributed by atoms with Crippen LogP contribution in [0.1, 0.15) is 0 Å². The van der Waals surface area contributed by atoms with Gasteiger partial charge in [-0.25, -0.2) is 9.37 Å². The number of benzene rings is 2. The number of halogens is 1. The molecule has 2 aromatic carbocycles. The van der Waals surface area contributed by atoms with E-state index in [0.717, 1.165) is 6.54 Å². The molecule has 9 nitrogen and oxygen atoms in total. The van der Waals surface area contributed by atoms with Crippen molar-refractivity contribution < 1.29 is 18.6 Å². The van der Waals surface area contributed by atoms with Crippen LogP contribution in [0.25, 0.3) is 22.0 Å². The molecule has 0 radical (unpaired) electrons. The van der Waals surface area contributed by atoms with E-state index in [-0.39, 0.29) is 16.9 Å². The number of pyridine rings is 1. The fourth-order valence-electron chi connectivity index (χ4n) is 3.70. The van der Waals surface area contributed by atoms with E-state index < -0.39 is 5.82 Å². The van der Waals surface area contributed by atoms with Crippen LogP contribution >= 0.6 is 0 Å². The smallest absolute Gasteiger partial charge is 0.262 e. The molecule has 0 aliphatic heterocycles. The van der Waals surface area contributed by atoms with Crippen LogP contribution in [-0.4, -0.2) is 60.8 Å². The van der Waals surface area contributed by atoms with Crippen LogP contribution in [0.3, 0.4) is 0 Å². The molecule has 2 aromatic heterocycles. The second-order valence-corrected chi connectivity index (χ2v) is 8.37. The summed E-state index contributed by atoms with van der Waals surface area (Å²) in [6.07, 6.45) is 3.02. The van der Waals surface area contributed by atoms with Crippen molar-refractivity contribution in [3.63, 3.8) is 0 Å². The highest BCUT2D eigenvalue weighted by Crippen LogP contribution is 2.37. The molecular weight excluding hydrogens is 465 g/mol. The minimum atomic E-state index is -0.617. The summed E-state index contributed by atoms with van der Waals surface area (Å²) in [4.78, 5) is 23.6. The minimum Gasteiger partial charge on any atom is -0.493 e. The van der Waals surface area contributed by atoms with Crippen LogP contribution in [-0.2, 0) is 7.05 Å². The number of likely N-dealkylation sites (N-methyl/N-ethyl adjacent to an activating group) is 1. The number of aromatic nitrogens is 3. The lowest BCUT2D eigenvalue weighted by Gasteiger charge is -2.14. The average Bonchev–Trinajstić information content (AvgIpc) is 2.87. The first-order chi connectivity index (χ1) is 17.3. The average molecular weight is 494 g/mol. The van der Waals surface area contributed by atoms with Crippen LogP contribution in [0, 0.1) is 5.82 Å². The van der Waals surface area contributed by atoms with Gasteiger partial charge in [-0.05, 0) is 43.9 Å². The van der Waals surface area contributed by atoms with E-state index in [1.807, 2.05) is 19.0 Å². The summed E-state index contributed by atoms with van der Waals surface area (Å²) in [5.74, 6) is 1.27. The number of anilines is 1. The summed E-state index contributed by atoms with van der Waals surface area (Å²) < 4.78 is 33.1. The number of rotatable bonds is 9. The van der Waals surface area contributed by atoms with Crippen molar-refractivity contribution >= 4 is 16.9 Å². The van der Waals surface area contributed by atoms with Gasteiger partial charge in [-0.1, -0.05) is 6.07 Å². The number of hydrogen-bond donors (Lipinski definition) is 1. The fourth-order valence-corrected chi connectivity index (χ4v) is 3.70. The predicted molar refractivity (Wildman–Crippen MR) is 137 cm³/mol. The SMILES string of the molecule is COc1cc2nccc(Oc3ccc(-c4cnc(NCCN(C)C)n(C)c4=O)cc3F)c2cc1OC. The quantitative estimate of drug-likeness (QED) is 0.375. The molecule has 188 valence electrons. The molecule has 2 heterocycles. The molecule has 36 heavy (non-hydrogen) atoms. The Morgan fingerprint density at radius 1 is 1.00 bits per heavy atom. The highest BCUT2D eigenvalue weighted by Gasteiger charge is 2.15. The van der Waals surface area contributed by atoms with Gasteiger partial charge in [-0.2, -0.15) is 0 Å². The van der Waals surface area contributed by atoms with Gasteiger partial charge in [0.05, 0.1) is 25.3 Å². The zero-order valence-corrected chi connectivity index (χ0v) is 20.8. The highest BCUT2D eigenvalue weighted by atomic mass is 19.1. The van der Waals surface area contributed by atoms with E-state index in [0.29, 0.717) is 46.2 Å². The van der Waals surface area contributed by atoms with Gasteiger partial charge in [0.2, 0.25) is 5.95 Å². The van der Waals surface area contributed by atoms with E-state index in [4.69, 9.17) is 14.2 Å². The molecule has 4 rings (SSSR count). The highest BCUT2D eigenvalue weighted by molar-refractivity contribution is 5.88. The van der Waals surface area contributed by atoms with Crippen molar-refractivity contribution in [3.8, 4) is 34.1 Å². The summed E-state index contributed by atoms with van der Waals surface area (Å²) in [6.45, 7) is 1.42. The van der Waals surface area contributed by atoms with Crippen LogP contribution in [0.2, 0.25) is 0 Å². The van der Waals surface area contributed by atoms with Crippen molar-refractivity contribution in [1.29, 1.82) is 0 Å². The maximum atomic E-state index is 15.1. The standard InChI is InChI=1S/C26H28FN5O4/c1-31(2)11-10-29-26-30-15-18(25(33)32(26)3)16-6-7-22(19(27)12-16)36-21-8-9-28-20-14-24(35-5)23(34-4)13-17(20)21/h6-9,12-15H,10-11H2,1-5H3,(H,29,30). The van der Waals surface area contributed by atoms with E-state index in [1.165, 1.54) is 30.0 Å². The van der Waals surface area contributed by atoms with Crippen molar-refractivity contribution in [2.45, 2.75) is 0 Å². The fraction of sp³-hybridized carbons (Fsp3) is 0.269. The molecule has 1 N–H and O–H groups in total. The van der Waals surface area contributed by atoms with Gasteiger partial charge in [0.15, 0.2) is 23.1 Å². The van der Waals surface area contributed by atoms with Gasteiger partial charge < -0.3 is 24.4 Å². The van der Waals surface area contributed by atoms with Gasteiger partial charge in [-0.15, -0.1) is 0 Å². The molecule has 4 aromatic rings. The first kappa shape index (κ1) is 24.9. The molecule has 0 saturated heterocycles. The monoisotopic (exact) mass is 493 g/mol. The number of nitrogens with one attached hydrogen (secondary N) is 1. The Morgan fingerprint density at radius 2 is 1.75 bits per heavy atom. The lowest BCUT2D eigenvalue weighted by Crippen LogP contribution is -2.27. The van der Waals surface area contributed by atoms with Gasteiger partial charge in [0.25, 0.3) is 5.56 Å². The number of hydrogen-bond acceptors (Lipinski definition) is 8. The Balaban J connectivity index is 1.62. The molecule has 0 amide bonds. The third kappa shape index (κ3) is 5.08. The largest absolute Gasteiger partial charge is 0.493 e. The predicted octanol–water partition coefficient (Wildman–Crippen LogP) is 3.92.